The van der Waals surface area contributed by atoms with Gasteiger partial charge in [0.25, 0.3) is 5.91 Å². The van der Waals surface area contributed by atoms with Crippen molar-refractivity contribution in [1.29, 1.82) is 0 Å². The molecular weight excluding hydrogens is 182 g/mol. The van der Waals surface area contributed by atoms with E-state index >= 15 is 0 Å². The molecule has 0 atom stereocenters. The Morgan fingerprint density at radius 3 is 2.85 bits per heavy atom. The summed E-state index contributed by atoms with van der Waals surface area (Å²) in [4.78, 5) is 13.7. The van der Waals surface area contributed by atoms with Gasteiger partial charge in [0.1, 0.15) is 0 Å². The van der Waals surface area contributed by atoms with Crippen molar-refractivity contribution in [3.63, 3.8) is 0 Å². The third kappa shape index (κ3) is 2.42. The van der Waals surface area contributed by atoms with Gasteiger partial charge in [0.15, 0.2) is 0 Å². The Labute approximate surface area is 82.3 Å². The number of hydrogen-bond acceptors (Lipinski definition) is 2. The first-order valence-electron chi connectivity index (χ1n) is 4.11. The lowest BCUT2D eigenvalue weighted by Crippen LogP contribution is -2.23. The van der Waals surface area contributed by atoms with E-state index in [9.17, 15) is 4.79 Å². The molecule has 0 aliphatic heterocycles. The van der Waals surface area contributed by atoms with Crippen molar-refractivity contribution in [2.45, 2.75) is 13.8 Å². The van der Waals surface area contributed by atoms with Crippen LogP contribution in [0, 0.1) is 13.8 Å². The molecule has 2 nitrogen and oxygen atoms in total. The molecule has 1 heterocycles. The highest BCUT2D eigenvalue weighted by atomic mass is 32.1. The highest BCUT2D eigenvalue weighted by molar-refractivity contribution is 7.12. The number of rotatable bonds is 3. The van der Waals surface area contributed by atoms with Gasteiger partial charge in [0.2, 0.25) is 0 Å². The highest BCUT2D eigenvalue weighted by Gasteiger charge is 2.09. The molecule has 1 N–H and O–H groups in total. The summed E-state index contributed by atoms with van der Waals surface area (Å²) >= 11 is 1.64. The molecule has 1 amide bonds. The Bertz CT molecular complexity index is 328. The first kappa shape index (κ1) is 9.99. The SMILES string of the molecule is C=CCNC(=O)c1cc(C)sc1C. The van der Waals surface area contributed by atoms with E-state index in [1.54, 1.807) is 17.4 Å². The molecule has 3 heteroatoms. The Balaban J connectivity index is 2.76. The van der Waals surface area contributed by atoms with Crippen molar-refractivity contribution in [3.05, 3.63) is 34.0 Å². The Hall–Kier alpha value is -1.09. The van der Waals surface area contributed by atoms with Crippen molar-refractivity contribution < 1.29 is 4.79 Å². The number of thiophene rings is 1. The zero-order valence-corrected chi connectivity index (χ0v) is 8.70. The lowest BCUT2D eigenvalue weighted by atomic mass is 10.2. The van der Waals surface area contributed by atoms with E-state index in [1.165, 1.54) is 4.88 Å². The van der Waals surface area contributed by atoms with Crippen LogP contribution in [0.15, 0.2) is 18.7 Å². The predicted molar refractivity (Wildman–Crippen MR) is 56.3 cm³/mol. The van der Waals surface area contributed by atoms with Crippen LogP contribution < -0.4 is 5.32 Å². The molecule has 1 aromatic heterocycles. The van der Waals surface area contributed by atoms with Gasteiger partial charge < -0.3 is 5.32 Å². The smallest absolute Gasteiger partial charge is 0.252 e. The fourth-order valence-corrected chi connectivity index (χ4v) is 2.04. The summed E-state index contributed by atoms with van der Waals surface area (Å²) in [6.07, 6.45) is 1.67. The van der Waals surface area contributed by atoms with E-state index in [4.69, 9.17) is 0 Å². The topological polar surface area (TPSA) is 29.1 Å². The number of hydrogen-bond donors (Lipinski definition) is 1. The second kappa shape index (κ2) is 4.23. The van der Waals surface area contributed by atoms with Gasteiger partial charge in [-0.1, -0.05) is 6.08 Å². The number of aryl methyl sites for hydroxylation is 2. The van der Waals surface area contributed by atoms with Crippen molar-refractivity contribution in [1.82, 2.24) is 5.32 Å². The van der Waals surface area contributed by atoms with Crippen LogP contribution in [0.2, 0.25) is 0 Å². The summed E-state index contributed by atoms with van der Waals surface area (Å²) in [7, 11) is 0. The molecular formula is C10H13NOS. The molecule has 0 unspecified atom stereocenters. The summed E-state index contributed by atoms with van der Waals surface area (Å²) in [6.45, 7) is 8.02. The maximum absolute atomic E-state index is 11.5. The van der Waals surface area contributed by atoms with Crippen LogP contribution in [0.4, 0.5) is 0 Å². The first-order valence-corrected chi connectivity index (χ1v) is 4.93. The van der Waals surface area contributed by atoms with Gasteiger partial charge in [-0.3, -0.25) is 4.79 Å². The molecule has 70 valence electrons. The van der Waals surface area contributed by atoms with E-state index < -0.39 is 0 Å². The van der Waals surface area contributed by atoms with Crippen molar-refractivity contribution >= 4 is 17.2 Å². The molecule has 0 radical (unpaired) electrons. The average Bonchev–Trinajstić information content (AvgIpc) is 2.41. The van der Waals surface area contributed by atoms with Gasteiger partial charge in [-0.05, 0) is 19.9 Å². The molecule has 0 saturated heterocycles. The lowest BCUT2D eigenvalue weighted by molar-refractivity contribution is 0.0958. The summed E-state index contributed by atoms with van der Waals surface area (Å²) in [6, 6.07) is 1.92. The fraction of sp³-hybridized carbons (Fsp3) is 0.300. The second-order valence-electron chi connectivity index (χ2n) is 2.83. The molecule has 0 aliphatic carbocycles. The minimum atomic E-state index is -0.0123. The van der Waals surface area contributed by atoms with Crippen LogP contribution in [-0.2, 0) is 0 Å². The zero-order valence-electron chi connectivity index (χ0n) is 7.89. The van der Waals surface area contributed by atoms with Gasteiger partial charge in [-0.25, -0.2) is 0 Å². The van der Waals surface area contributed by atoms with Gasteiger partial charge in [0.05, 0.1) is 5.56 Å². The van der Waals surface area contributed by atoms with Gasteiger partial charge >= 0.3 is 0 Å². The fourth-order valence-electron chi connectivity index (χ4n) is 1.12. The highest BCUT2D eigenvalue weighted by Crippen LogP contribution is 2.20. The van der Waals surface area contributed by atoms with E-state index in [-0.39, 0.29) is 5.91 Å². The van der Waals surface area contributed by atoms with Crippen LogP contribution in [0.25, 0.3) is 0 Å². The summed E-state index contributed by atoms with van der Waals surface area (Å²) in [5, 5.41) is 2.75. The Morgan fingerprint density at radius 1 is 1.69 bits per heavy atom. The van der Waals surface area contributed by atoms with Crippen molar-refractivity contribution in [3.8, 4) is 0 Å². The van der Waals surface area contributed by atoms with E-state index in [1.807, 2.05) is 19.9 Å². The van der Waals surface area contributed by atoms with Crippen molar-refractivity contribution in [2.24, 2.45) is 0 Å². The summed E-state index contributed by atoms with van der Waals surface area (Å²) in [5.74, 6) is -0.0123. The third-order valence-corrected chi connectivity index (χ3v) is 2.66. The lowest BCUT2D eigenvalue weighted by Gasteiger charge is -1.99. The molecule has 0 bridgehead atoms. The molecule has 0 fully saturated rings. The van der Waals surface area contributed by atoms with Gasteiger partial charge in [-0.2, -0.15) is 0 Å². The van der Waals surface area contributed by atoms with E-state index in [2.05, 4.69) is 11.9 Å². The molecule has 0 aliphatic rings. The second-order valence-corrected chi connectivity index (χ2v) is 4.29. The van der Waals surface area contributed by atoms with Crippen LogP contribution in [0.3, 0.4) is 0 Å². The van der Waals surface area contributed by atoms with E-state index in [0.717, 1.165) is 10.4 Å². The largest absolute Gasteiger partial charge is 0.349 e. The van der Waals surface area contributed by atoms with Crippen LogP contribution in [0.1, 0.15) is 20.1 Å². The number of carbonyl (C=O) groups is 1. The molecule has 0 spiro atoms. The molecule has 13 heavy (non-hydrogen) atoms. The minimum Gasteiger partial charge on any atom is -0.349 e. The van der Waals surface area contributed by atoms with E-state index in [0.29, 0.717) is 6.54 Å². The number of carbonyl (C=O) groups excluding carboxylic acids is 1. The predicted octanol–water partition coefficient (Wildman–Crippen LogP) is 2.28. The number of amides is 1. The van der Waals surface area contributed by atoms with Crippen LogP contribution >= 0.6 is 11.3 Å². The third-order valence-electron chi connectivity index (χ3n) is 1.69. The van der Waals surface area contributed by atoms with Crippen LogP contribution in [0.5, 0.6) is 0 Å². The monoisotopic (exact) mass is 195 g/mol. The average molecular weight is 195 g/mol. The first-order chi connectivity index (χ1) is 6.15. The van der Waals surface area contributed by atoms with Crippen LogP contribution in [-0.4, -0.2) is 12.5 Å². The Morgan fingerprint density at radius 2 is 2.38 bits per heavy atom. The molecule has 0 aromatic carbocycles. The summed E-state index contributed by atoms with van der Waals surface area (Å²) in [5.41, 5.74) is 0.782. The molecule has 1 aromatic rings. The molecule has 0 saturated carbocycles. The normalized spacial score (nSPS) is 9.69. The quantitative estimate of drug-likeness (QED) is 0.737. The summed E-state index contributed by atoms with van der Waals surface area (Å²) < 4.78 is 0. The molecule has 1 rings (SSSR count). The maximum atomic E-state index is 11.5. The van der Waals surface area contributed by atoms with Crippen molar-refractivity contribution in [2.75, 3.05) is 6.54 Å². The standard InChI is InChI=1S/C10H13NOS/c1-4-5-11-10(12)9-6-7(2)13-8(9)3/h4,6H,1,5H2,2-3H3,(H,11,12). The number of nitrogens with one attached hydrogen (secondary N) is 1. The minimum absolute atomic E-state index is 0.0123. The zero-order chi connectivity index (χ0) is 9.84. The maximum Gasteiger partial charge on any atom is 0.252 e. The van der Waals surface area contributed by atoms with Gasteiger partial charge in [0, 0.05) is 16.3 Å². The Kier molecular flexibility index (Phi) is 3.25. The van der Waals surface area contributed by atoms with Gasteiger partial charge in [-0.15, -0.1) is 17.9 Å².